The van der Waals surface area contributed by atoms with Crippen LogP contribution < -0.4 is 10.6 Å². The molecule has 0 aliphatic rings. The van der Waals surface area contributed by atoms with Gasteiger partial charge in [0.2, 0.25) is 0 Å². The molecule has 0 atom stereocenters. The molecule has 2 N–H and O–H groups in total. The van der Waals surface area contributed by atoms with Crippen molar-refractivity contribution in [3.05, 3.63) is 32.7 Å². The van der Waals surface area contributed by atoms with Crippen molar-refractivity contribution in [2.45, 2.75) is 0 Å². The van der Waals surface area contributed by atoms with Crippen molar-refractivity contribution in [3.63, 3.8) is 0 Å². The van der Waals surface area contributed by atoms with Crippen molar-refractivity contribution < 1.29 is 4.79 Å². The minimum atomic E-state index is -0.0627. The zero-order valence-corrected chi connectivity index (χ0v) is 11.5. The predicted molar refractivity (Wildman–Crippen MR) is 68.1 cm³/mol. The summed E-state index contributed by atoms with van der Waals surface area (Å²) >= 11 is 6.68. The van der Waals surface area contributed by atoms with Gasteiger partial charge in [0, 0.05) is 27.6 Å². The highest BCUT2D eigenvalue weighted by atomic mass is 79.9. The summed E-state index contributed by atoms with van der Waals surface area (Å²) in [4.78, 5) is 11.6. The molecule has 0 bridgehead atoms. The Morgan fingerprint density at radius 2 is 1.80 bits per heavy atom. The smallest absolute Gasteiger partial charge is 0.251 e. The molecule has 1 amide bonds. The third-order valence-corrected chi connectivity index (χ3v) is 2.70. The molecule has 0 saturated heterocycles. The molecule has 1 aromatic carbocycles. The van der Waals surface area contributed by atoms with Crippen LogP contribution >= 0.6 is 31.9 Å². The monoisotopic (exact) mass is 334 g/mol. The number of carbonyl (C=O) groups excluding carboxylic acids is 1. The second-order valence-corrected chi connectivity index (χ2v) is 4.85. The molecule has 0 fully saturated rings. The number of hydrogen-bond donors (Lipinski definition) is 2. The zero-order valence-electron chi connectivity index (χ0n) is 8.31. The van der Waals surface area contributed by atoms with Crippen LogP contribution in [0.2, 0.25) is 0 Å². The maximum absolute atomic E-state index is 11.6. The first-order valence-corrected chi connectivity index (χ1v) is 6.11. The van der Waals surface area contributed by atoms with Crippen molar-refractivity contribution in [1.82, 2.24) is 10.6 Å². The van der Waals surface area contributed by atoms with E-state index >= 15 is 0 Å². The Morgan fingerprint density at radius 1 is 1.20 bits per heavy atom. The Labute approximate surface area is 106 Å². The van der Waals surface area contributed by atoms with Gasteiger partial charge in [-0.3, -0.25) is 4.79 Å². The normalized spacial score (nSPS) is 10.1. The number of carbonyl (C=O) groups is 1. The van der Waals surface area contributed by atoms with Crippen LogP contribution in [-0.4, -0.2) is 26.0 Å². The fraction of sp³-hybridized carbons (Fsp3) is 0.300. The number of hydrogen-bond acceptors (Lipinski definition) is 2. The van der Waals surface area contributed by atoms with Gasteiger partial charge in [0.1, 0.15) is 0 Å². The Bertz CT molecular complexity index is 335. The summed E-state index contributed by atoms with van der Waals surface area (Å²) in [5, 5.41) is 5.78. The first-order chi connectivity index (χ1) is 7.13. The maximum atomic E-state index is 11.6. The lowest BCUT2D eigenvalue weighted by Crippen LogP contribution is -2.30. The number of halogens is 2. The van der Waals surface area contributed by atoms with E-state index in [2.05, 4.69) is 42.5 Å². The topological polar surface area (TPSA) is 41.1 Å². The summed E-state index contributed by atoms with van der Waals surface area (Å²) in [5.74, 6) is -0.0627. The average molecular weight is 336 g/mol. The second-order valence-electron chi connectivity index (χ2n) is 3.02. The molecule has 15 heavy (non-hydrogen) atoms. The van der Waals surface area contributed by atoms with Crippen molar-refractivity contribution >= 4 is 37.8 Å². The highest BCUT2D eigenvalue weighted by Crippen LogP contribution is 2.19. The molecular weight excluding hydrogens is 324 g/mol. The number of rotatable bonds is 4. The number of likely N-dealkylation sites (N-methyl/N-ethyl adjacent to an activating group) is 1. The van der Waals surface area contributed by atoms with E-state index < -0.39 is 0 Å². The molecule has 3 nitrogen and oxygen atoms in total. The molecule has 0 saturated carbocycles. The van der Waals surface area contributed by atoms with Gasteiger partial charge in [-0.1, -0.05) is 31.9 Å². The van der Waals surface area contributed by atoms with Crippen molar-refractivity contribution in [1.29, 1.82) is 0 Å². The van der Waals surface area contributed by atoms with E-state index in [1.165, 1.54) is 0 Å². The fourth-order valence-electron chi connectivity index (χ4n) is 1.09. The van der Waals surface area contributed by atoms with E-state index in [4.69, 9.17) is 0 Å². The highest BCUT2D eigenvalue weighted by Gasteiger charge is 2.06. The first-order valence-electron chi connectivity index (χ1n) is 4.52. The summed E-state index contributed by atoms with van der Waals surface area (Å²) in [6.07, 6.45) is 0. The van der Waals surface area contributed by atoms with Crippen molar-refractivity contribution in [2.24, 2.45) is 0 Å². The number of amides is 1. The van der Waals surface area contributed by atoms with E-state index in [1.54, 1.807) is 12.1 Å². The zero-order chi connectivity index (χ0) is 11.3. The van der Waals surface area contributed by atoms with Crippen LogP contribution in [0.5, 0.6) is 0 Å². The lowest BCUT2D eigenvalue weighted by Gasteiger charge is -2.05. The number of nitrogens with one attached hydrogen (secondary N) is 2. The third-order valence-electron chi connectivity index (χ3n) is 1.79. The quantitative estimate of drug-likeness (QED) is 0.828. The summed E-state index contributed by atoms with van der Waals surface area (Å²) < 4.78 is 1.77. The molecule has 0 aromatic heterocycles. The molecule has 0 spiro atoms. The molecular formula is C10H12Br2N2O. The molecule has 0 unspecified atom stereocenters. The second kappa shape index (κ2) is 6.25. The number of benzene rings is 1. The van der Waals surface area contributed by atoms with Crippen LogP contribution in [0.3, 0.4) is 0 Å². The van der Waals surface area contributed by atoms with E-state index in [9.17, 15) is 4.79 Å². The van der Waals surface area contributed by atoms with Crippen molar-refractivity contribution in [2.75, 3.05) is 20.1 Å². The van der Waals surface area contributed by atoms with E-state index in [0.29, 0.717) is 12.1 Å². The molecule has 82 valence electrons. The van der Waals surface area contributed by atoms with Gasteiger partial charge in [0.25, 0.3) is 5.91 Å². The van der Waals surface area contributed by atoms with Crippen molar-refractivity contribution in [3.8, 4) is 0 Å². The van der Waals surface area contributed by atoms with Gasteiger partial charge in [-0.25, -0.2) is 0 Å². The van der Waals surface area contributed by atoms with Crippen LogP contribution in [0.15, 0.2) is 27.1 Å². The van der Waals surface area contributed by atoms with Gasteiger partial charge in [-0.15, -0.1) is 0 Å². The SMILES string of the molecule is CNCCNC(=O)c1cc(Br)cc(Br)c1. The lowest BCUT2D eigenvalue weighted by atomic mass is 10.2. The predicted octanol–water partition coefficient (Wildman–Crippen LogP) is 2.16. The van der Waals surface area contributed by atoms with E-state index in [-0.39, 0.29) is 5.91 Å². The Balaban J connectivity index is 2.65. The van der Waals surface area contributed by atoms with Crippen LogP contribution in [0.1, 0.15) is 10.4 Å². The molecule has 1 aromatic rings. The fourth-order valence-corrected chi connectivity index (χ4v) is 2.38. The van der Waals surface area contributed by atoms with Crippen LogP contribution in [0.4, 0.5) is 0 Å². The molecule has 0 aliphatic heterocycles. The summed E-state index contributed by atoms with van der Waals surface area (Å²) in [7, 11) is 1.85. The Morgan fingerprint density at radius 3 is 2.33 bits per heavy atom. The molecule has 0 radical (unpaired) electrons. The standard InChI is InChI=1S/C10H12Br2N2O/c1-13-2-3-14-10(15)7-4-8(11)6-9(12)5-7/h4-6,13H,2-3H2,1H3,(H,14,15). The van der Waals surface area contributed by atoms with Crippen LogP contribution in [-0.2, 0) is 0 Å². The van der Waals surface area contributed by atoms with Gasteiger partial charge >= 0.3 is 0 Å². The third kappa shape index (κ3) is 4.32. The highest BCUT2D eigenvalue weighted by molar-refractivity contribution is 9.11. The van der Waals surface area contributed by atoms with Gasteiger partial charge in [-0.05, 0) is 25.2 Å². The summed E-state index contributed by atoms with van der Waals surface area (Å²) in [5.41, 5.74) is 0.646. The largest absolute Gasteiger partial charge is 0.351 e. The average Bonchev–Trinajstić information content (AvgIpc) is 2.16. The first kappa shape index (κ1) is 12.7. The van der Waals surface area contributed by atoms with Crippen LogP contribution in [0, 0.1) is 0 Å². The lowest BCUT2D eigenvalue weighted by molar-refractivity contribution is 0.0954. The Hall–Kier alpha value is -0.390. The summed E-state index contributed by atoms with van der Waals surface area (Å²) in [6, 6.07) is 5.48. The van der Waals surface area contributed by atoms with E-state index in [1.807, 2.05) is 13.1 Å². The van der Waals surface area contributed by atoms with Gasteiger partial charge in [0.05, 0.1) is 0 Å². The molecule has 5 heteroatoms. The molecule has 0 heterocycles. The molecule has 0 aliphatic carbocycles. The van der Waals surface area contributed by atoms with Gasteiger partial charge < -0.3 is 10.6 Å². The molecule has 1 rings (SSSR count). The summed E-state index contributed by atoms with van der Waals surface area (Å²) in [6.45, 7) is 1.39. The minimum absolute atomic E-state index is 0.0627. The van der Waals surface area contributed by atoms with E-state index in [0.717, 1.165) is 15.5 Å². The van der Waals surface area contributed by atoms with Crippen LogP contribution in [0.25, 0.3) is 0 Å². The Kier molecular flexibility index (Phi) is 5.28. The maximum Gasteiger partial charge on any atom is 0.251 e. The van der Waals surface area contributed by atoms with Gasteiger partial charge in [-0.2, -0.15) is 0 Å². The minimum Gasteiger partial charge on any atom is -0.351 e. The van der Waals surface area contributed by atoms with Gasteiger partial charge in [0.15, 0.2) is 0 Å².